The van der Waals surface area contributed by atoms with Gasteiger partial charge in [-0.1, -0.05) is 21.1 Å². The first-order valence-corrected chi connectivity index (χ1v) is 6.93. The van der Waals surface area contributed by atoms with Gasteiger partial charge in [-0.3, -0.25) is 4.79 Å². The van der Waals surface area contributed by atoms with Crippen LogP contribution in [0.5, 0.6) is 0 Å². The molecular weight excluding hydrogens is 327 g/mol. The van der Waals surface area contributed by atoms with Gasteiger partial charge in [-0.05, 0) is 38.5 Å². The van der Waals surface area contributed by atoms with Gasteiger partial charge in [-0.25, -0.2) is 4.39 Å². The monoisotopic (exact) mass is 340 g/mol. The van der Waals surface area contributed by atoms with E-state index in [0.29, 0.717) is 16.7 Å². The lowest BCUT2D eigenvalue weighted by atomic mass is 10.1. The van der Waals surface area contributed by atoms with E-state index >= 15 is 0 Å². The summed E-state index contributed by atoms with van der Waals surface area (Å²) < 4.78 is 19.2. The highest BCUT2D eigenvalue weighted by molar-refractivity contribution is 9.10. The van der Waals surface area contributed by atoms with Crippen molar-refractivity contribution in [1.82, 2.24) is 5.16 Å². The van der Waals surface area contributed by atoms with Crippen LogP contribution in [0.25, 0.3) is 0 Å². The van der Waals surface area contributed by atoms with E-state index in [9.17, 15) is 9.18 Å². The van der Waals surface area contributed by atoms with Gasteiger partial charge in [0, 0.05) is 16.5 Å². The molecule has 0 spiro atoms. The fourth-order valence-electron chi connectivity index (χ4n) is 1.90. The Hall–Kier alpha value is -1.69. The standard InChI is InChI=1S/C14H14BrFN2O2/c1-8-11(9(2)20-18-8)4-6-14(19)17-13-5-3-10(15)7-12(13)16/h3,5,7H,4,6H2,1-2H3,(H,17,19). The molecule has 1 aromatic heterocycles. The molecule has 0 aliphatic carbocycles. The maximum Gasteiger partial charge on any atom is 0.224 e. The van der Waals surface area contributed by atoms with Crippen LogP contribution in [-0.2, 0) is 11.2 Å². The van der Waals surface area contributed by atoms with Gasteiger partial charge in [0.1, 0.15) is 11.6 Å². The molecular formula is C14H14BrFN2O2. The summed E-state index contributed by atoms with van der Waals surface area (Å²) in [5.41, 5.74) is 1.89. The highest BCUT2D eigenvalue weighted by Crippen LogP contribution is 2.20. The second-order valence-corrected chi connectivity index (χ2v) is 5.39. The highest BCUT2D eigenvalue weighted by atomic mass is 79.9. The zero-order valence-electron chi connectivity index (χ0n) is 11.2. The number of nitrogens with one attached hydrogen (secondary N) is 1. The molecule has 0 bridgehead atoms. The molecule has 2 rings (SSSR count). The van der Waals surface area contributed by atoms with Crippen LogP contribution in [0, 0.1) is 19.7 Å². The van der Waals surface area contributed by atoms with Crippen LogP contribution in [0.1, 0.15) is 23.4 Å². The maximum absolute atomic E-state index is 13.6. The van der Waals surface area contributed by atoms with Crippen molar-refractivity contribution in [2.24, 2.45) is 0 Å². The molecule has 1 aromatic carbocycles. The number of anilines is 1. The van der Waals surface area contributed by atoms with Crippen molar-refractivity contribution >= 4 is 27.5 Å². The summed E-state index contributed by atoms with van der Waals surface area (Å²) in [6.45, 7) is 3.64. The first-order valence-electron chi connectivity index (χ1n) is 6.14. The first-order chi connectivity index (χ1) is 9.47. The molecule has 0 atom stereocenters. The molecule has 0 unspecified atom stereocenters. The summed E-state index contributed by atoms with van der Waals surface area (Å²) in [4.78, 5) is 11.8. The van der Waals surface area contributed by atoms with E-state index in [2.05, 4.69) is 26.4 Å². The number of nitrogens with zero attached hydrogens (tertiary/aromatic N) is 1. The molecule has 0 aliphatic heterocycles. The average Bonchev–Trinajstić information content (AvgIpc) is 2.70. The minimum atomic E-state index is -0.468. The molecule has 1 heterocycles. The number of hydrogen-bond acceptors (Lipinski definition) is 3. The smallest absolute Gasteiger partial charge is 0.224 e. The third-order valence-electron chi connectivity index (χ3n) is 2.99. The van der Waals surface area contributed by atoms with E-state index in [1.807, 2.05) is 13.8 Å². The minimum Gasteiger partial charge on any atom is -0.361 e. The number of rotatable bonds is 4. The summed E-state index contributed by atoms with van der Waals surface area (Å²) in [6, 6.07) is 4.50. The summed E-state index contributed by atoms with van der Waals surface area (Å²) in [5, 5.41) is 6.38. The molecule has 106 valence electrons. The van der Waals surface area contributed by atoms with Crippen molar-refractivity contribution in [3.05, 3.63) is 45.5 Å². The third-order valence-corrected chi connectivity index (χ3v) is 3.48. The van der Waals surface area contributed by atoms with Crippen LogP contribution in [0.2, 0.25) is 0 Å². The molecule has 0 saturated heterocycles. The average molecular weight is 341 g/mol. The van der Waals surface area contributed by atoms with Crippen molar-refractivity contribution in [3.63, 3.8) is 0 Å². The lowest BCUT2D eigenvalue weighted by Gasteiger charge is -2.06. The largest absolute Gasteiger partial charge is 0.361 e. The Morgan fingerprint density at radius 3 is 2.80 bits per heavy atom. The molecule has 20 heavy (non-hydrogen) atoms. The number of amides is 1. The molecule has 4 nitrogen and oxygen atoms in total. The normalized spacial score (nSPS) is 10.6. The minimum absolute atomic E-state index is 0.178. The SMILES string of the molecule is Cc1noc(C)c1CCC(=O)Nc1ccc(Br)cc1F. The molecule has 2 aromatic rings. The van der Waals surface area contributed by atoms with Gasteiger partial charge in [0.05, 0.1) is 11.4 Å². The van der Waals surface area contributed by atoms with Crippen molar-refractivity contribution in [2.45, 2.75) is 26.7 Å². The predicted molar refractivity (Wildman–Crippen MR) is 77.0 cm³/mol. The molecule has 0 aliphatic rings. The van der Waals surface area contributed by atoms with Crippen molar-refractivity contribution in [1.29, 1.82) is 0 Å². The Balaban J connectivity index is 1.96. The van der Waals surface area contributed by atoms with Crippen molar-refractivity contribution in [3.8, 4) is 0 Å². The van der Waals surface area contributed by atoms with Gasteiger partial charge >= 0.3 is 0 Å². The number of halogens is 2. The van der Waals surface area contributed by atoms with Crippen LogP contribution in [-0.4, -0.2) is 11.1 Å². The van der Waals surface area contributed by atoms with E-state index in [4.69, 9.17) is 4.52 Å². The molecule has 0 fully saturated rings. The molecule has 6 heteroatoms. The third kappa shape index (κ3) is 3.45. The summed E-state index contributed by atoms with van der Waals surface area (Å²) >= 11 is 3.17. The second-order valence-electron chi connectivity index (χ2n) is 4.48. The zero-order valence-corrected chi connectivity index (χ0v) is 12.8. The van der Waals surface area contributed by atoms with E-state index in [1.165, 1.54) is 12.1 Å². The quantitative estimate of drug-likeness (QED) is 0.921. The number of carbonyl (C=O) groups is 1. The Bertz CT molecular complexity index is 621. The zero-order chi connectivity index (χ0) is 14.7. The van der Waals surface area contributed by atoms with Crippen molar-refractivity contribution in [2.75, 3.05) is 5.32 Å². The Morgan fingerprint density at radius 2 is 2.20 bits per heavy atom. The molecule has 1 amide bonds. The maximum atomic E-state index is 13.6. The van der Waals surface area contributed by atoms with Crippen LogP contribution in [0.3, 0.4) is 0 Å². The lowest BCUT2D eigenvalue weighted by molar-refractivity contribution is -0.116. The van der Waals surface area contributed by atoms with Gasteiger partial charge in [-0.2, -0.15) is 0 Å². The Labute approximate surface area is 124 Å². The molecule has 0 radical (unpaired) electrons. The van der Waals surface area contributed by atoms with Gasteiger partial charge in [0.25, 0.3) is 0 Å². The highest BCUT2D eigenvalue weighted by Gasteiger charge is 2.12. The fraction of sp³-hybridized carbons (Fsp3) is 0.286. The van der Waals surface area contributed by atoms with Crippen LogP contribution >= 0.6 is 15.9 Å². The number of carbonyl (C=O) groups excluding carboxylic acids is 1. The Morgan fingerprint density at radius 1 is 1.45 bits per heavy atom. The summed E-state index contributed by atoms with van der Waals surface area (Å²) in [7, 11) is 0. The van der Waals surface area contributed by atoms with Gasteiger partial charge in [0.15, 0.2) is 0 Å². The lowest BCUT2D eigenvalue weighted by Crippen LogP contribution is -2.13. The Kier molecular flexibility index (Phi) is 4.54. The van der Waals surface area contributed by atoms with E-state index < -0.39 is 5.82 Å². The predicted octanol–water partition coefficient (Wildman–Crippen LogP) is 3.76. The molecule has 1 N–H and O–H groups in total. The van der Waals surface area contributed by atoms with E-state index in [1.54, 1.807) is 6.07 Å². The van der Waals surface area contributed by atoms with Crippen molar-refractivity contribution < 1.29 is 13.7 Å². The van der Waals surface area contributed by atoms with Crippen LogP contribution < -0.4 is 5.32 Å². The number of aryl methyl sites for hydroxylation is 2. The summed E-state index contributed by atoms with van der Waals surface area (Å²) in [6.07, 6.45) is 0.767. The summed E-state index contributed by atoms with van der Waals surface area (Å²) in [5.74, 6) is 0.00130. The molecule has 0 saturated carbocycles. The topological polar surface area (TPSA) is 55.1 Å². The number of hydrogen-bond donors (Lipinski definition) is 1. The first kappa shape index (κ1) is 14.7. The van der Waals surface area contributed by atoms with Gasteiger partial charge in [0.2, 0.25) is 5.91 Å². The van der Waals surface area contributed by atoms with Gasteiger partial charge in [-0.15, -0.1) is 0 Å². The fourth-order valence-corrected chi connectivity index (χ4v) is 2.23. The number of benzene rings is 1. The van der Waals surface area contributed by atoms with E-state index in [0.717, 1.165) is 11.3 Å². The number of aromatic nitrogens is 1. The van der Waals surface area contributed by atoms with Crippen LogP contribution in [0.4, 0.5) is 10.1 Å². The van der Waals surface area contributed by atoms with Crippen LogP contribution in [0.15, 0.2) is 27.2 Å². The second kappa shape index (κ2) is 6.17. The van der Waals surface area contributed by atoms with E-state index in [-0.39, 0.29) is 18.0 Å². The van der Waals surface area contributed by atoms with Gasteiger partial charge < -0.3 is 9.84 Å².